The first-order chi connectivity index (χ1) is 7.31. The summed E-state index contributed by atoms with van der Waals surface area (Å²) >= 11 is 7.23. The molecule has 0 saturated carbocycles. The van der Waals surface area contributed by atoms with Gasteiger partial charge in [-0.25, -0.2) is 0 Å². The number of ether oxygens (including phenoxy) is 1. The van der Waals surface area contributed by atoms with Gasteiger partial charge in [-0.05, 0) is 6.42 Å². The third kappa shape index (κ3) is 2.66. The van der Waals surface area contributed by atoms with E-state index in [9.17, 15) is 0 Å². The van der Waals surface area contributed by atoms with Crippen LogP contribution in [0.4, 0.5) is 0 Å². The Morgan fingerprint density at radius 3 is 3.20 bits per heavy atom. The number of rotatable bonds is 3. The maximum absolute atomic E-state index is 5.99. The molecule has 1 fully saturated rings. The average molecular weight is 248 g/mol. The Hall–Kier alpha value is -0.230. The number of hydrogen-bond acceptors (Lipinski definition) is 5. The first-order valence-corrected chi connectivity index (χ1v) is 6.25. The van der Waals surface area contributed by atoms with Crippen molar-refractivity contribution in [1.29, 1.82) is 0 Å². The lowest BCUT2D eigenvalue weighted by molar-refractivity contribution is -0.0132. The lowest BCUT2D eigenvalue weighted by Crippen LogP contribution is -2.44. The van der Waals surface area contributed by atoms with Crippen LogP contribution in [0, 0.1) is 0 Å². The van der Waals surface area contributed by atoms with Gasteiger partial charge in [-0.3, -0.25) is 4.90 Å². The van der Waals surface area contributed by atoms with Crippen molar-refractivity contribution >= 4 is 23.1 Å². The monoisotopic (exact) mass is 247 g/mol. The smallest absolute Gasteiger partial charge is 0.138 e. The molecule has 0 amide bonds. The zero-order valence-electron chi connectivity index (χ0n) is 8.65. The van der Waals surface area contributed by atoms with E-state index in [0.717, 1.165) is 38.4 Å². The molecule has 0 spiro atoms. The maximum Gasteiger partial charge on any atom is 0.138 e. The van der Waals surface area contributed by atoms with Crippen molar-refractivity contribution in [1.82, 2.24) is 14.5 Å². The van der Waals surface area contributed by atoms with E-state index in [4.69, 9.17) is 16.3 Å². The summed E-state index contributed by atoms with van der Waals surface area (Å²) in [7, 11) is 0. The van der Waals surface area contributed by atoms with Crippen molar-refractivity contribution in [3.63, 3.8) is 0 Å². The minimum atomic E-state index is 0.483. The van der Waals surface area contributed by atoms with Crippen LogP contribution < -0.4 is 0 Å². The molecule has 2 heterocycles. The van der Waals surface area contributed by atoms with Crippen LogP contribution in [0.15, 0.2) is 0 Å². The molecule has 1 atom stereocenters. The van der Waals surface area contributed by atoms with Crippen LogP contribution in [0.5, 0.6) is 0 Å². The van der Waals surface area contributed by atoms with E-state index >= 15 is 0 Å². The van der Waals surface area contributed by atoms with Gasteiger partial charge in [0.2, 0.25) is 0 Å². The summed E-state index contributed by atoms with van der Waals surface area (Å²) in [4.78, 5) is 2.37. The molecule has 2 rings (SSSR count). The molecule has 0 bridgehead atoms. The Labute approximate surface area is 98.3 Å². The van der Waals surface area contributed by atoms with Crippen LogP contribution in [0.25, 0.3) is 0 Å². The molecular weight excluding hydrogens is 234 g/mol. The highest BCUT2D eigenvalue weighted by Gasteiger charge is 2.23. The topological polar surface area (TPSA) is 38.2 Å². The zero-order chi connectivity index (χ0) is 10.7. The standard InChI is InChI=1S/C9H14ClN3OS/c1-2-7-6-14-4-3-13(7)5-8-9(10)15-12-11-8/h7H,2-6H2,1H3. The minimum Gasteiger partial charge on any atom is -0.378 e. The van der Waals surface area contributed by atoms with Gasteiger partial charge in [0.25, 0.3) is 0 Å². The molecule has 0 aliphatic carbocycles. The molecule has 1 aliphatic rings. The first kappa shape index (κ1) is 11.3. The fourth-order valence-electron chi connectivity index (χ4n) is 1.76. The lowest BCUT2D eigenvalue weighted by atomic mass is 10.1. The van der Waals surface area contributed by atoms with Crippen molar-refractivity contribution in [2.75, 3.05) is 19.8 Å². The van der Waals surface area contributed by atoms with Gasteiger partial charge in [0.15, 0.2) is 0 Å². The summed E-state index contributed by atoms with van der Waals surface area (Å²) in [6.07, 6.45) is 1.09. The Kier molecular flexibility index (Phi) is 3.91. The summed E-state index contributed by atoms with van der Waals surface area (Å²) in [5.74, 6) is 0. The first-order valence-electron chi connectivity index (χ1n) is 5.09. The van der Waals surface area contributed by atoms with Crippen molar-refractivity contribution in [2.24, 2.45) is 0 Å². The number of aromatic nitrogens is 2. The summed E-state index contributed by atoms with van der Waals surface area (Å²) in [6.45, 7) is 5.52. The second kappa shape index (κ2) is 5.21. The minimum absolute atomic E-state index is 0.483. The number of halogens is 1. The molecule has 1 aromatic heterocycles. The van der Waals surface area contributed by atoms with Gasteiger partial charge in [0, 0.05) is 30.7 Å². The third-order valence-corrected chi connectivity index (χ3v) is 3.67. The predicted octanol–water partition coefficient (Wildman–Crippen LogP) is 1.80. The highest BCUT2D eigenvalue weighted by molar-refractivity contribution is 7.10. The van der Waals surface area contributed by atoms with E-state index in [1.54, 1.807) is 0 Å². The molecule has 6 heteroatoms. The van der Waals surface area contributed by atoms with Crippen LogP contribution in [0.2, 0.25) is 4.34 Å². The van der Waals surface area contributed by atoms with Gasteiger partial charge in [-0.1, -0.05) is 23.0 Å². The summed E-state index contributed by atoms with van der Waals surface area (Å²) in [5, 5.41) is 4.03. The number of morpholine rings is 1. The van der Waals surface area contributed by atoms with Gasteiger partial charge in [0.05, 0.1) is 13.2 Å². The molecule has 0 N–H and O–H groups in total. The molecule has 1 aromatic rings. The van der Waals surface area contributed by atoms with E-state index in [0.29, 0.717) is 10.4 Å². The Morgan fingerprint density at radius 1 is 1.67 bits per heavy atom. The summed E-state index contributed by atoms with van der Waals surface area (Å²) in [6, 6.07) is 0.483. The molecule has 1 aliphatic heterocycles. The van der Waals surface area contributed by atoms with Crippen LogP contribution >= 0.6 is 23.1 Å². The van der Waals surface area contributed by atoms with Crippen molar-refractivity contribution < 1.29 is 4.74 Å². The second-order valence-corrected chi connectivity index (χ2v) is 4.96. The van der Waals surface area contributed by atoms with Gasteiger partial charge in [0.1, 0.15) is 10.0 Å². The fraction of sp³-hybridized carbons (Fsp3) is 0.778. The normalized spacial score (nSPS) is 23.2. The largest absolute Gasteiger partial charge is 0.378 e. The van der Waals surface area contributed by atoms with Crippen LogP contribution in [0.3, 0.4) is 0 Å². The molecule has 1 saturated heterocycles. The Balaban J connectivity index is 2.00. The van der Waals surface area contributed by atoms with Gasteiger partial charge in [-0.15, -0.1) is 5.10 Å². The van der Waals surface area contributed by atoms with E-state index < -0.39 is 0 Å². The Morgan fingerprint density at radius 2 is 2.53 bits per heavy atom. The van der Waals surface area contributed by atoms with Crippen LogP contribution in [-0.4, -0.2) is 40.3 Å². The van der Waals surface area contributed by atoms with Gasteiger partial charge in [-0.2, -0.15) is 0 Å². The molecule has 0 radical (unpaired) electrons. The van der Waals surface area contributed by atoms with Gasteiger partial charge < -0.3 is 4.74 Å². The highest BCUT2D eigenvalue weighted by atomic mass is 35.5. The van der Waals surface area contributed by atoms with Crippen molar-refractivity contribution in [3.05, 3.63) is 10.0 Å². The molecule has 0 aromatic carbocycles. The third-order valence-electron chi connectivity index (χ3n) is 2.68. The quantitative estimate of drug-likeness (QED) is 0.817. The van der Waals surface area contributed by atoms with E-state index in [-0.39, 0.29) is 0 Å². The van der Waals surface area contributed by atoms with Gasteiger partial charge >= 0.3 is 0 Å². The van der Waals surface area contributed by atoms with Crippen molar-refractivity contribution in [2.45, 2.75) is 25.9 Å². The van der Waals surface area contributed by atoms with Crippen LogP contribution in [-0.2, 0) is 11.3 Å². The van der Waals surface area contributed by atoms with Crippen LogP contribution in [0.1, 0.15) is 19.0 Å². The molecule has 84 valence electrons. The SMILES string of the molecule is CCC1COCCN1Cc1nnsc1Cl. The molecule has 1 unspecified atom stereocenters. The van der Waals surface area contributed by atoms with E-state index in [1.807, 2.05) is 0 Å². The number of hydrogen-bond donors (Lipinski definition) is 0. The highest BCUT2D eigenvalue weighted by Crippen LogP contribution is 2.21. The zero-order valence-corrected chi connectivity index (χ0v) is 10.2. The molecular formula is C9H14ClN3OS. The average Bonchev–Trinajstić information content (AvgIpc) is 2.65. The molecule has 15 heavy (non-hydrogen) atoms. The molecule has 4 nitrogen and oxygen atoms in total. The fourth-order valence-corrected chi connectivity index (χ4v) is 2.37. The lowest BCUT2D eigenvalue weighted by Gasteiger charge is -2.34. The number of nitrogens with zero attached hydrogens (tertiary/aromatic N) is 3. The van der Waals surface area contributed by atoms with E-state index in [2.05, 4.69) is 21.4 Å². The summed E-state index contributed by atoms with van der Waals surface area (Å²) in [5.41, 5.74) is 0.891. The van der Waals surface area contributed by atoms with E-state index in [1.165, 1.54) is 11.5 Å². The predicted molar refractivity (Wildman–Crippen MR) is 60.2 cm³/mol. The van der Waals surface area contributed by atoms with Crippen molar-refractivity contribution in [3.8, 4) is 0 Å². The Bertz CT molecular complexity index is 320. The summed E-state index contributed by atoms with van der Waals surface area (Å²) < 4.78 is 9.99. The second-order valence-electron chi connectivity index (χ2n) is 3.60. The maximum atomic E-state index is 5.99.